The molecule has 0 fully saturated rings. The lowest BCUT2D eigenvalue weighted by Crippen LogP contribution is -1.78. The Morgan fingerprint density at radius 3 is 2.58 bits per heavy atom. The summed E-state index contributed by atoms with van der Waals surface area (Å²) in [6.45, 7) is 0. The minimum absolute atomic E-state index is 0.587. The van der Waals surface area contributed by atoms with Crippen molar-refractivity contribution in [3.63, 3.8) is 0 Å². The normalized spacial score (nSPS) is 9.17. The van der Waals surface area contributed by atoms with Crippen molar-refractivity contribution >= 4 is 6.08 Å². The zero-order valence-corrected chi connectivity index (χ0v) is 6.36. The van der Waals surface area contributed by atoms with Crippen LogP contribution in [0.2, 0.25) is 0 Å². The summed E-state index contributed by atoms with van der Waals surface area (Å²) in [6, 6.07) is 11.1. The van der Waals surface area contributed by atoms with Crippen molar-refractivity contribution in [3.05, 3.63) is 41.5 Å². The minimum Gasteiger partial charge on any atom is -0.193 e. The van der Waals surface area contributed by atoms with E-state index in [1.165, 1.54) is 6.08 Å². The fourth-order valence-electron chi connectivity index (χ4n) is 0.871. The Morgan fingerprint density at radius 2 is 1.92 bits per heavy atom. The molecule has 1 aromatic carbocycles. The first-order valence-electron chi connectivity index (χ1n) is 3.44. The Labute approximate surface area is 71.0 Å². The van der Waals surface area contributed by atoms with Crippen LogP contribution in [0.5, 0.6) is 0 Å². The lowest BCUT2D eigenvalue weighted by molar-refractivity contribution is 1.47. The molecular weight excluding hydrogens is 148 g/mol. The van der Waals surface area contributed by atoms with Gasteiger partial charge in [0.05, 0.1) is 17.7 Å². The van der Waals surface area contributed by atoms with Crippen LogP contribution in [0, 0.1) is 22.7 Å². The van der Waals surface area contributed by atoms with E-state index in [0.717, 1.165) is 5.56 Å². The highest BCUT2D eigenvalue weighted by Gasteiger charge is 1.93. The van der Waals surface area contributed by atoms with Gasteiger partial charge in [0.25, 0.3) is 0 Å². The van der Waals surface area contributed by atoms with E-state index in [1.807, 2.05) is 18.2 Å². The molecule has 0 aliphatic carbocycles. The lowest BCUT2D eigenvalue weighted by atomic mass is 10.1. The molecule has 0 atom stereocenters. The monoisotopic (exact) mass is 154 g/mol. The molecule has 56 valence electrons. The summed E-state index contributed by atoms with van der Waals surface area (Å²) in [5.74, 6) is 0. The van der Waals surface area contributed by atoms with E-state index in [0.29, 0.717) is 5.56 Å². The molecule has 0 amide bonds. The van der Waals surface area contributed by atoms with Crippen LogP contribution in [0.3, 0.4) is 0 Å². The van der Waals surface area contributed by atoms with Crippen LogP contribution in [0.1, 0.15) is 11.1 Å². The highest BCUT2D eigenvalue weighted by molar-refractivity contribution is 5.59. The third-order valence-corrected chi connectivity index (χ3v) is 1.42. The smallest absolute Gasteiger partial charge is 0.0997 e. The molecule has 0 radical (unpaired) electrons. The first-order chi connectivity index (χ1) is 5.88. The molecule has 2 heteroatoms. The summed E-state index contributed by atoms with van der Waals surface area (Å²) in [7, 11) is 0. The molecule has 0 aliphatic rings. The maximum atomic E-state index is 8.65. The average molecular weight is 154 g/mol. The maximum absolute atomic E-state index is 8.65. The van der Waals surface area contributed by atoms with Crippen LogP contribution < -0.4 is 0 Å². The number of rotatable bonds is 1. The van der Waals surface area contributed by atoms with Gasteiger partial charge in [-0.2, -0.15) is 10.5 Å². The second-order valence-corrected chi connectivity index (χ2v) is 2.16. The molecule has 0 saturated heterocycles. The van der Waals surface area contributed by atoms with E-state index in [2.05, 4.69) is 0 Å². The highest BCUT2D eigenvalue weighted by atomic mass is 14.2. The molecule has 0 bridgehead atoms. The van der Waals surface area contributed by atoms with Crippen molar-refractivity contribution in [2.24, 2.45) is 0 Å². The molecule has 2 nitrogen and oxygen atoms in total. The summed E-state index contributed by atoms with van der Waals surface area (Å²) >= 11 is 0. The van der Waals surface area contributed by atoms with Gasteiger partial charge in [-0.15, -0.1) is 0 Å². The molecular formula is C10H6N2. The van der Waals surface area contributed by atoms with Crippen LogP contribution in [0.15, 0.2) is 30.3 Å². The Kier molecular flexibility index (Phi) is 2.65. The van der Waals surface area contributed by atoms with Crippen molar-refractivity contribution in [2.75, 3.05) is 0 Å². The number of allylic oxidation sites excluding steroid dienone is 1. The van der Waals surface area contributed by atoms with Crippen LogP contribution in [0.25, 0.3) is 6.08 Å². The second-order valence-electron chi connectivity index (χ2n) is 2.16. The fourth-order valence-corrected chi connectivity index (χ4v) is 0.871. The predicted octanol–water partition coefficient (Wildman–Crippen LogP) is 2.10. The third kappa shape index (κ3) is 1.71. The Hall–Kier alpha value is -2.06. The molecule has 12 heavy (non-hydrogen) atoms. The Morgan fingerprint density at radius 1 is 1.17 bits per heavy atom. The summed E-state index contributed by atoms with van der Waals surface area (Å²) < 4.78 is 0. The molecule has 0 unspecified atom stereocenters. The van der Waals surface area contributed by atoms with Gasteiger partial charge in [-0.1, -0.05) is 18.2 Å². The first-order valence-corrected chi connectivity index (χ1v) is 3.44. The standard InChI is InChI=1S/C10H6N2/c11-7-3-6-9-4-1-2-5-10(9)8-12/h1-6H/b6-3-. The molecule has 0 saturated carbocycles. The van der Waals surface area contributed by atoms with Gasteiger partial charge in [-0.3, -0.25) is 0 Å². The largest absolute Gasteiger partial charge is 0.193 e. The topological polar surface area (TPSA) is 47.6 Å². The lowest BCUT2D eigenvalue weighted by Gasteiger charge is -1.93. The van der Waals surface area contributed by atoms with Gasteiger partial charge < -0.3 is 0 Å². The van der Waals surface area contributed by atoms with Crippen LogP contribution >= 0.6 is 0 Å². The number of nitriles is 2. The predicted molar refractivity (Wildman–Crippen MR) is 45.8 cm³/mol. The maximum Gasteiger partial charge on any atom is 0.0997 e. The Bertz CT molecular complexity index is 378. The molecule has 0 spiro atoms. The summed E-state index contributed by atoms with van der Waals surface area (Å²) in [5.41, 5.74) is 1.37. The van der Waals surface area contributed by atoms with Crippen molar-refractivity contribution in [3.8, 4) is 12.1 Å². The van der Waals surface area contributed by atoms with E-state index in [9.17, 15) is 0 Å². The van der Waals surface area contributed by atoms with E-state index in [1.54, 1.807) is 24.3 Å². The number of benzene rings is 1. The van der Waals surface area contributed by atoms with Gasteiger partial charge in [-0.05, 0) is 17.7 Å². The van der Waals surface area contributed by atoms with Crippen LogP contribution in [0.4, 0.5) is 0 Å². The molecule has 1 aromatic rings. The summed E-state index contributed by atoms with van der Waals surface area (Å²) in [5, 5.41) is 16.9. The molecule has 0 aliphatic heterocycles. The second kappa shape index (κ2) is 3.95. The molecule has 0 heterocycles. The minimum atomic E-state index is 0.587. The van der Waals surface area contributed by atoms with Gasteiger partial charge in [0.1, 0.15) is 0 Å². The molecule has 0 aromatic heterocycles. The van der Waals surface area contributed by atoms with Gasteiger partial charge in [0.15, 0.2) is 0 Å². The average Bonchev–Trinajstić information content (AvgIpc) is 2.15. The van der Waals surface area contributed by atoms with Gasteiger partial charge in [-0.25, -0.2) is 0 Å². The zero-order chi connectivity index (χ0) is 8.81. The molecule has 1 rings (SSSR count). The zero-order valence-electron chi connectivity index (χ0n) is 6.36. The summed E-state index contributed by atoms with van der Waals surface area (Å²) in [4.78, 5) is 0. The van der Waals surface area contributed by atoms with Crippen molar-refractivity contribution in [2.45, 2.75) is 0 Å². The van der Waals surface area contributed by atoms with Crippen LogP contribution in [-0.4, -0.2) is 0 Å². The third-order valence-electron chi connectivity index (χ3n) is 1.42. The van der Waals surface area contributed by atoms with E-state index >= 15 is 0 Å². The van der Waals surface area contributed by atoms with Gasteiger partial charge in [0.2, 0.25) is 0 Å². The number of hydrogen-bond donors (Lipinski definition) is 0. The van der Waals surface area contributed by atoms with Crippen molar-refractivity contribution in [1.29, 1.82) is 10.5 Å². The number of hydrogen-bond acceptors (Lipinski definition) is 2. The van der Waals surface area contributed by atoms with E-state index in [4.69, 9.17) is 10.5 Å². The van der Waals surface area contributed by atoms with Crippen molar-refractivity contribution in [1.82, 2.24) is 0 Å². The van der Waals surface area contributed by atoms with Crippen LogP contribution in [-0.2, 0) is 0 Å². The number of nitrogens with zero attached hydrogens (tertiary/aromatic N) is 2. The SMILES string of the molecule is N#C/C=C\c1ccccc1C#N. The summed E-state index contributed by atoms with van der Waals surface area (Å²) in [6.07, 6.45) is 2.98. The quantitative estimate of drug-likeness (QED) is 0.581. The van der Waals surface area contributed by atoms with Gasteiger partial charge >= 0.3 is 0 Å². The van der Waals surface area contributed by atoms with E-state index in [-0.39, 0.29) is 0 Å². The Balaban J connectivity index is 3.09. The fraction of sp³-hybridized carbons (Fsp3) is 0. The van der Waals surface area contributed by atoms with Crippen molar-refractivity contribution < 1.29 is 0 Å². The molecule has 0 N–H and O–H groups in total. The first kappa shape index (κ1) is 8.04. The highest BCUT2D eigenvalue weighted by Crippen LogP contribution is 2.08. The van der Waals surface area contributed by atoms with Gasteiger partial charge in [0, 0.05) is 6.08 Å². The van der Waals surface area contributed by atoms with E-state index < -0.39 is 0 Å².